The summed E-state index contributed by atoms with van der Waals surface area (Å²) in [4.78, 5) is 42.4. The Hall–Kier alpha value is -3.42. The monoisotopic (exact) mass is 396 g/mol. The smallest absolute Gasteiger partial charge is 0.271 e. The Morgan fingerprint density at radius 1 is 1.10 bits per heavy atom. The summed E-state index contributed by atoms with van der Waals surface area (Å²) in [7, 11) is 0. The fourth-order valence-electron chi connectivity index (χ4n) is 3.14. The molecule has 1 aliphatic heterocycles. The van der Waals surface area contributed by atoms with Crippen LogP contribution in [0.3, 0.4) is 0 Å². The first-order chi connectivity index (χ1) is 14.1. The van der Waals surface area contributed by atoms with Crippen molar-refractivity contribution in [3.63, 3.8) is 0 Å². The molecule has 8 heteroatoms. The van der Waals surface area contributed by atoms with Crippen molar-refractivity contribution >= 4 is 17.7 Å². The lowest BCUT2D eigenvalue weighted by Gasteiger charge is -2.32. The molecule has 29 heavy (non-hydrogen) atoms. The normalized spacial score (nSPS) is 16.0. The zero-order chi connectivity index (χ0) is 20.5. The van der Waals surface area contributed by atoms with Crippen molar-refractivity contribution in [2.45, 2.75) is 19.3 Å². The lowest BCUT2D eigenvalue weighted by Crippen LogP contribution is -2.50. The Morgan fingerprint density at radius 3 is 2.69 bits per heavy atom. The van der Waals surface area contributed by atoms with Crippen molar-refractivity contribution in [2.24, 2.45) is 5.92 Å². The van der Waals surface area contributed by atoms with Crippen molar-refractivity contribution in [1.29, 1.82) is 0 Å². The van der Waals surface area contributed by atoms with E-state index in [0.717, 1.165) is 12.2 Å². The number of para-hydroxylation sites is 1. The number of nitrogens with one attached hydrogen (secondary N) is 2. The Bertz CT molecular complexity index is 829. The second-order valence-electron chi connectivity index (χ2n) is 6.78. The van der Waals surface area contributed by atoms with Crippen LogP contribution in [0, 0.1) is 5.92 Å². The van der Waals surface area contributed by atoms with Crippen LogP contribution in [-0.2, 0) is 9.59 Å². The number of hydrazine groups is 1. The van der Waals surface area contributed by atoms with E-state index in [1.54, 1.807) is 23.2 Å². The maximum atomic E-state index is 12.4. The van der Waals surface area contributed by atoms with Gasteiger partial charge >= 0.3 is 0 Å². The minimum Gasteiger partial charge on any atom is -0.493 e. The molecule has 0 saturated carbocycles. The van der Waals surface area contributed by atoms with E-state index in [1.165, 1.54) is 6.20 Å². The van der Waals surface area contributed by atoms with Crippen LogP contribution < -0.4 is 15.6 Å². The summed E-state index contributed by atoms with van der Waals surface area (Å²) in [6.07, 6.45) is 4.63. The van der Waals surface area contributed by atoms with E-state index in [1.807, 2.05) is 30.3 Å². The van der Waals surface area contributed by atoms with Crippen LogP contribution in [0.5, 0.6) is 5.75 Å². The van der Waals surface area contributed by atoms with Gasteiger partial charge in [-0.05, 0) is 37.1 Å². The molecule has 8 nitrogen and oxygen atoms in total. The average Bonchev–Trinajstić information content (AvgIpc) is 2.78. The maximum Gasteiger partial charge on any atom is 0.271 e. The van der Waals surface area contributed by atoms with Crippen molar-refractivity contribution in [2.75, 3.05) is 19.7 Å². The molecule has 1 saturated heterocycles. The van der Waals surface area contributed by atoms with Gasteiger partial charge in [0.1, 0.15) is 5.75 Å². The molecule has 1 aromatic heterocycles. The van der Waals surface area contributed by atoms with Crippen LogP contribution in [0.1, 0.15) is 29.6 Å². The highest BCUT2D eigenvalue weighted by Crippen LogP contribution is 2.17. The Kier molecular flexibility index (Phi) is 7.16. The minimum atomic E-state index is -0.437. The van der Waals surface area contributed by atoms with Crippen LogP contribution in [0.25, 0.3) is 0 Å². The van der Waals surface area contributed by atoms with Gasteiger partial charge < -0.3 is 9.64 Å². The van der Waals surface area contributed by atoms with E-state index >= 15 is 0 Å². The molecular weight excluding hydrogens is 372 g/mol. The number of nitrogens with zero attached hydrogens (tertiary/aromatic N) is 2. The van der Waals surface area contributed by atoms with Gasteiger partial charge in [0, 0.05) is 25.5 Å². The summed E-state index contributed by atoms with van der Waals surface area (Å²) in [6.45, 7) is 1.24. The summed E-state index contributed by atoms with van der Waals surface area (Å²) in [5.41, 5.74) is 5.19. The Labute approximate surface area is 169 Å². The predicted molar refractivity (Wildman–Crippen MR) is 106 cm³/mol. The van der Waals surface area contributed by atoms with Crippen LogP contribution in [0.15, 0.2) is 54.9 Å². The number of aromatic nitrogens is 1. The van der Waals surface area contributed by atoms with Gasteiger partial charge in [-0.15, -0.1) is 0 Å². The number of pyridine rings is 1. The number of benzene rings is 1. The molecule has 2 aromatic rings. The summed E-state index contributed by atoms with van der Waals surface area (Å²) in [5.74, 6) is -0.427. The number of amides is 3. The van der Waals surface area contributed by atoms with Crippen molar-refractivity contribution in [3.05, 3.63) is 60.4 Å². The van der Waals surface area contributed by atoms with Crippen molar-refractivity contribution < 1.29 is 19.1 Å². The highest BCUT2D eigenvalue weighted by molar-refractivity contribution is 5.95. The molecule has 0 aliphatic carbocycles. The third kappa shape index (κ3) is 6.03. The second kappa shape index (κ2) is 10.2. The number of carbonyl (C=O) groups is 3. The molecule has 1 aromatic carbocycles. The third-order valence-electron chi connectivity index (χ3n) is 4.70. The van der Waals surface area contributed by atoms with Gasteiger partial charge in [0.2, 0.25) is 11.8 Å². The van der Waals surface area contributed by atoms with Crippen molar-refractivity contribution in [3.8, 4) is 5.75 Å². The summed E-state index contributed by atoms with van der Waals surface area (Å²) in [6, 6.07) is 12.6. The summed E-state index contributed by atoms with van der Waals surface area (Å²) in [5, 5.41) is 0. The number of carbonyl (C=O) groups excluding carboxylic acids is 3. The number of hydrogen-bond donors (Lipinski definition) is 2. The van der Waals surface area contributed by atoms with E-state index < -0.39 is 5.91 Å². The van der Waals surface area contributed by atoms with Gasteiger partial charge in [-0.1, -0.05) is 18.2 Å². The quantitative estimate of drug-likeness (QED) is 0.722. The van der Waals surface area contributed by atoms with Crippen LogP contribution in [0.4, 0.5) is 0 Å². The summed E-state index contributed by atoms with van der Waals surface area (Å²) < 4.78 is 5.57. The van der Waals surface area contributed by atoms with Gasteiger partial charge in [0.25, 0.3) is 5.91 Å². The van der Waals surface area contributed by atoms with Crippen molar-refractivity contribution in [1.82, 2.24) is 20.7 Å². The molecule has 3 amide bonds. The fourth-order valence-corrected chi connectivity index (χ4v) is 3.14. The highest BCUT2D eigenvalue weighted by Gasteiger charge is 2.28. The van der Waals surface area contributed by atoms with Gasteiger partial charge in [-0.25, -0.2) is 0 Å². The molecule has 0 radical (unpaired) electrons. The number of ether oxygens (including phenoxy) is 1. The minimum absolute atomic E-state index is 0.0437. The number of piperidine rings is 1. The molecule has 1 atom stereocenters. The third-order valence-corrected chi connectivity index (χ3v) is 4.70. The molecule has 3 rings (SSSR count). The molecule has 0 spiro atoms. The lowest BCUT2D eigenvalue weighted by atomic mass is 9.97. The van der Waals surface area contributed by atoms with E-state index in [0.29, 0.717) is 25.1 Å². The molecule has 0 bridgehead atoms. The average molecular weight is 396 g/mol. The Morgan fingerprint density at radius 2 is 1.93 bits per heavy atom. The van der Waals surface area contributed by atoms with Gasteiger partial charge in [0.15, 0.2) is 0 Å². The van der Waals surface area contributed by atoms with Gasteiger partial charge in [0.05, 0.1) is 24.5 Å². The number of rotatable bonds is 6. The maximum absolute atomic E-state index is 12.4. The predicted octanol–water partition coefficient (Wildman–Crippen LogP) is 1.55. The fraction of sp³-hybridized carbons (Fsp3) is 0.333. The van der Waals surface area contributed by atoms with E-state index in [-0.39, 0.29) is 30.8 Å². The highest BCUT2D eigenvalue weighted by atomic mass is 16.5. The first-order valence-electron chi connectivity index (χ1n) is 9.59. The molecule has 1 aliphatic rings. The van der Waals surface area contributed by atoms with Crippen LogP contribution >= 0.6 is 0 Å². The zero-order valence-corrected chi connectivity index (χ0v) is 16.0. The molecule has 1 unspecified atom stereocenters. The SMILES string of the molecule is O=C(NNC(=O)C1CCCN(C(=O)CCOc2ccccc2)C1)c1cccnc1. The standard InChI is InChI=1S/C21H24N4O4/c26-19(10-13-29-18-8-2-1-3-9-18)25-12-5-7-17(15-25)21(28)24-23-20(27)16-6-4-11-22-14-16/h1-4,6,8-9,11,14,17H,5,7,10,12-13,15H2,(H,23,27)(H,24,28). The van der Waals surface area contributed by atoms with Gasteiger partial charge in [-0.3, -0.25) is 30.2 Å². The lowest BCUT2D eigenvalue weighted by molar-refractivity contribution is -0.136. The van der Waals surface area contributed by atoms with Crippen LogP contribution in [0.2, 0.25) is 0 Å². The Balaban J connectivity index is 1.42. The molecule has 152 valence electrons. The molecule has 2 N–H and O–H groups in total. The first-order valence-corrected chi connectivity index (χ1v) is 9.59. The summed E-state index contributed by atoms with van der Waals surface area (Å²) >= 11 is 0. The molecular formula is C21H24N4O4. The molecule has 2 heterocycles. The van der Waals surface area contributed by atoms with E-state index in [9.17, 15) is 14.4 Å². The zero-order valence-electron chi connectivity index (χ0n) is 16.0. The largest absolute Gasteiger partial charge is 0.493 e. The van der Waals surface area contributed by atoms with Gasteiger partial charge in [-0.2, -0.15) is 0 Å². The van der Waals surface area contributed by atoms with E-state index in [4.69, 9.17) is 4.74 Å². The van der Waals surface area contributed by atoms with E-state index in [2.05, 4.69) is 15.8 Å². The van der Waals surface area contributed by atoms with Crippen LogP contribution in [-0.4, -0.2) is 47.3 Å². The number of hydrogen-bond acceptors (Lipinski definition) is 5. The number of likely N-dealkylation sites (tertiary alicyclic amines) is 1. The molecule has 1 fully saturated rings. The topological polar surface area (TPSA) is 101 Å². The first kappa shape index (κ1) is 20.3. The second-order valence-corrected chi connectivity index (χ2v) is 6.78.